The quantitative estimate of drug-likeness (QED) is 0.640. The van der Waals surface area contributed by atoms with Gasteiger partial charge in [-0.2, -0.15) is 0 Å². The molecule has 2 heterocycles. The van der Waals surface area contributed by atoms with Crippen molar-refractivity contribution in [1.82, 2.24) is 9.88 Å². The van der Waals surface area contributed by atoms with E-state index in [0.717, 1.165) is 10.9 Å². The molecule has 2 aromatic rings. The summed E-state index contributed by atoms with van der Waals surface area (Å²) in [6.45, 7) is 3.06. The number of nitrogens with zero attached hydrogens (tertiary/aromatic N) is 1. The monoisotopic (exact) mass is 348 g/mol. The number of aromatic amines is 1. The second-order valence-electron chi connectivity index (χ2n) is 5.40. The molecule has 1 aliphatic rings. The highest BCUT2D eigenvalue weighted by Crippen LogP contribution is 2.27. The first-order chi connectivity index (χ1) is 11.7. The number of carbonyl (C=O) groups is 2. The lowest BCUT2D eigenvalue weighted by Gasteiger charge is -2.22. The number of ether oxygens (including phenoxy) is 2. The van der Waals surface area contributed by atoms with Crippen molar-refractivity contribution < 1.29 is 19.1 Å². The van der Waals surface area contributed by atoms with Gasteiger partial charge >= 0.3 is 5.97 Å². The third-order valence-corrected chi connectivity index (χ3v) is 4.92. The van der Waals surface area contributed by atoms with E-state index in [1.165, 1.54) is 0 Å². The van der Waals surface area contributed by atoms with Crippen LogP contribution in [0.5, 0.6) is 0 Å². The van der Waals surface area contributed by atoms with Crippen LogP contribution >= 0.6 is 11.8 Å². The second kappa shape index (κ2) is 7.72. The van der Waals surface area contributed by atoms with E-state index in [-0.39, 0.29) is 18.5 Å². The van der Waals surface area contributed by atoms with Crippen LogP contribution in [0.4, 0.5) is 0 Å². The molecule has 128 valence electrons. The standard InChI is InChI=1S/C17H20N2O4S/c1-2-22-7-8-23-17(21)15-10-24-11-19(15)16(20)13-9-18-14-6-4-3-5-12(13)14/h3-6,9,15,18H,2,7-8,10-11H2,1H3. The molecule has 0 aliphatic carbocycles. The summed E-state index contributed by atoms with van der Waals surface area (Å²) in [4.78, 5) is 29.8. The number of rotatable bonds is 6. The fraction of sp³-hybridized carbons (Fsp3) is 0.412. The maximum atomic E-state index is 12.9. The van der Waals surface area contributed by atoms with Gasteiger partial charge in [-0.1, -0.05) is 18.2 Å². The van der Waals surface area contributed by atoms with E-state index >= 15 is 0 Å². The molecule has 7 heteroatoms. The van der Waals surface area contributed by atoms with Gasteiger partial charge in [0.1, 0.15) is 12.6 Å². The summed E-state index contributed by atoms with van der Waals surface area (Å²) in [5.74, 6) is 0.530. The lowest BCUT2D eigenvalue weighted by atomic mass is 10.1. The largest absolute Gasteiger partial charge is 0.462 e. The predicted octanol–water partition coefficient (Wildman–Crippen LogP) is 2.26. The van der Waals surface area contributed by atoms with E-state index in [9.17, 15) is 9.59 Å². The Morgan fingerprint density at radius 2 is 2.17 bits per heavy atom. The van der Waals surface area contributed by atoms with Crippen LogP contribution in [-0.2, 0) is 14.3 Å². The van der Waals surface area contributed by atoms with E-state index in [1.54, 1.807) is 22.9 Å². The van der Waals surface area contributed by atoms with Gasteiger partial charge in [0.15, 0.2) is 0 Å². The van der Waals surface area contributed by atoms with E-state index in [1.807, 2.05) is 31.2 Å². The molecule has 1 aromatic carbocycles. The van der Waals surface area contributed by atoms with Crippen LogP contribution in [0.15, 0.2) is 30.5 Å². The van der Waals surface area contributed by atoms with E-state index < -0.39 is 6.04 Å². The van der Waals surface area contributed by atoms with Crippen LogP contribution in [0, 0.1) is 0 Å². The Labute approximate surface area is 144 Å². The summed E-state index contributed by atoms with van der Waals surface area (Å²) >= 11 is 1.56. The van der Waals surface area contributed by atoms with E-state index in [2.05, 4.69) is 4.98 Å². The molecule has 0 saturated carbocycles. The Balaban J connectivity index is 1.70. The molecule has 1 atom stereocenters. The fourth-order valence-corrected chi connectivity index (χ4v) is 3.82. The zero-order valence-electron chi connectivity index (χ0n) is 13.5. The summed E-state index contributed by atoms with van der Waals surface area (Å²) in [6, 6.07) is 7.09. The number of amides is 1. The predicted molar refractivity (Wildman–Crippen MR) is 93.0 cm³/mol. The fourth-order valence-electron chi connectivity index (χ4n) is 2.68. The summed E-state index contributed by atoms with van der Waals surface area (Å²) in [5, 5.41) is 0.864. The SMILES string of the molecule is CCOCCOC(=O)C1CSCN1C(=O)c1c[nH]c2ccccc12. The highest BCUT2D eigenvalue weighted by atomic mass is 32.2. The van der Waals surface area contributed by atoms with Gasteiger partial charge in [0.2, 0.25) is 0 Å². The average molecular weight is 348 g/mol. The lowest BCUT2D eigenvalue weighted by molar-refractivity contribution is -0.149. The van der Waals surface area contributed by atoms with Crippen molar-refractivity contribution >= 4 is 34.5 Å². The summed E-state index contributed by atoms with van der Waals surface area (Å²) < 4.78 is 10.4. The molecule has 1 saturated heterocycles. The average Bonchev–Trinajstić information content (AvgIpc) is 3.24. The van der Waals surface area contributed by atoms with E-state index in [0.29, 0.717) is 30.4 Å². The van der Waals surface area contributed by atoms with Crippen molar-refractivity contribution in [3.05, 3.63) is 36.0 Å². The highest BCUT2D eigenvalue weighted by Gasteiger charge is 2.36. The topological polar surface area (TPSA) is 71.6 Å². The third kappa shape index (κ3) is 3.42. The number of H-pyrrole nitrogens is 1. The molecule has 1 aromatic heterocycles. The van der Waals surface area contributed by atoms with Crippen LogP contribution in [0.3, 0.4) is 0 Å². The second-order valence-corrected chi connectivity index (χ2v) is 6.40. The van der Waals surface area contributed by atoms with Crippen LogP contribution in [0.25, 0.3) is 10.9 Å². The highest BCUT2D eigenvalue weighted by molar-refractivity contribution is 7.99. The number of para-hydroxylation sites is 1. The van der Waals surface area contributed by atoms with Crippen LogP contribution < -0.4 is 0 Å². The number of esters is 1. The van der Waals surface area contributed by atoms with Crippen molar-refractivity contribution in [3.8, 4) is 0 Å². The molecule has 1 N–H and O–H groups in total. The summed E-state index contributed by atoms with van der Waals surface area (Å²) in [6.07, 6.45) is 1.70. The zero-order chi connectivity index (χ0) is 16.9. The first kappa shape index (κ1) is 16.9. The van der Waals surface area contributed by atoms with Crippen molar-refractivity contribution in [2.24, 2.45) is 0 Å². The maximum absolute atomic E-state index is 12.9. The Morgan fingerprint density at radius 3 is 3.00 bits per heavy atom. The van der Waals surface area contributed by atoms with Crippen molar-refractivity contribution in [2.45, 2.75) is 13.0 Å². The van der Waals surface area contributed by atoms with Crippen molar-refractivity contribution in [1.29, 1.82) is 0 Å². The van der Waals surface area contributed by atoms with Crippen LogP contribution in [0.2, 0.25) is 0 Å². The van der Waals surface area contributed by atoms with Crippen molar-refractivity contribution in [2.75, 3.05) is 31.5 Å². The lowest BCUT2D eigenvalue weighted by Crippen LogP contribution is -2.43. The number of hydrogen-bond acceptors (Lipinski definition) is 5. The molecular formula is C17H20N2O4S. The van der Waals surface area contributed by atoms with Gasteiger partial charge < -0.3 is 19.4 Å². The van der Waals surface area contributed by atoms with Crippen LogP contribution in [0.1, 0.15) is 17.3 Å². The number of carbonyl (C=O) groups excluding carboxylic acids is 2. The zero-order valence-corrected chi connectivity index (χ0v) is 14.3. The molecule has 1 fully saturated rings. The number of thioether (sulfide) groups is 1. The molecule has 6 nitrogen and oxygen atoms in total. The molecule has 1 aliphatic heterocycles. The third-order valence-electron chi connectivity index (χ3n) is 3.91. The molecular weight excluding hydrogens is 328 g/mol. The van der Waals surface area contributed by atoms with E-state index in [4.69, 9.17) is 9.47 Å². The molecule has 0 radical (unpaired) electrons. The normalized spacial score (nSPS) is 17.4. The minimum absolute atomic E-state index is 0.149. The number of nitrogens with one attached hydrogen (secondary N) is 1. The molecule has 24 heavy (non-hydrogen) atoms. The number of fused-ring (bicyclic) bond motifs is 1. The van der Waals surface area contributed by atoms with Gasteiger partial charge in [-0.15, -0.1) is 11.8 Å². The number of hydrogen-bond donors (Lipinski definition) is 1. The van der Waals surface area contributed by atoms with Gasteiger partial charge in [0.05, 0.1) is 18.0 Å². The number of aromatic nitrogens is 1. The Kier molecular flexibility index (Phi) is 5.42. The molecule has 0 bridgehead atoms. The Hall–Kier alpha value is -1.99. The maximum Gasteiger partial charge on any atom is 0.329 e. The van der Waals surface area contributed by atoms with Gasteiger partial charge in [0, 0.05) is 29.5 Å². The first-order valence-electron chi connectivity index (χ1n) is 7.91. The van der Waals surface area contributed by atoms with Crippen molar-refractivity contribution in [3.63, 3.8) is 0 Å². The molecule has 1 unspecified atom stereocenters. The number of benzene rings is 1. The Bertz CT molecular complexity index is 730. The minimum Gasteiger partial charge on any atom is -0.462 e. The van der Waals surface area contributed by atoms with Gasteiger partial charge in [-0.05, 0) is 13.0 Å². The van der Waals surface area contributed by atoms with Gasteiger partial charge in [0.25, 0.3) is 5.91 Å². The summed E-state index contributed by atoms with van der Waals surface area (Å²) in [7, 11) is 0. The Morgan fingerprint density at radius 1 is 1.33 bits per heavy atom. The minimum atomic E-state index is -0.544. The molecule has 1 amide bonds. The summed E-state index contributed by atoms with van der Waals surface area (Å²) in [5.41, 5.74) is 1.49. The molecule has 3 rings (SSSR count). The smallest absolute Gasteiger partial charge is 0.329 e. The van der Waals surface area contributed by atoms with Crippen LogP contribution in [-0.4, -0.2) is 59.3 Å². The molecule has 0 spiro atoms. The first-order valence-corrected chi connectivity index (χ1v) is 9.07. The van der Waals surface area contributed by atoms with Gasteiger partial charge in [-0.25, -0.2) is 4.79 Å². The van der Waals surface area contributed by atoms with Gasteiger partial charge in [-0.3, -0.25) is 4.79 Å².